The molecule has 0 fully saturated rings. The SMILES string of the molecule is CN(Cc1cnn(C)c1)C(=O)C(C)(Cc1nc2ccccc2s1)c1ccccc1. The van der Waals surface area contributed by atoms with Crippen LogP contribution < -0.4 is 0 Å². The van der Waals surface area contributed by atoms with Crippen LogP contribution in [0.25, 0.3) is 10.2 Å². The molecule has 4 rings (SSSR count). The number of rotatable bonds is 6. The first kappa shape index (κ1) is 19.3. The van der Waals surface area contributed by atoms with Crippen molar-refractivity contribution in [3.63, 3.8) is 0 Å². The Labute approximate surface area is 174 Å². The molecular weight excluding hydrogens is 380 g/mol. The number of para-hydroxylation sites is 1. The first-order valence-corrected chi connectivity index (χ1v) is 10.4. The summed E-state index contributed by atoms with van der Waals surface area (Å²) in [6.45, 7) is 2.55. The van der Waals surface area contributed by atoms with Gasteiger partial charge in [0.1, 0.15) is 0 Å². The van der Waals surface area contributed by atoms with Crippen molar-refractivity contribution >= 4 is 27.5 Å². The molecule has 148 valence electrons. The fourth-order valence-electron chi connectivity index (χ4n) is 3.73. The second kappa shape index (κ2) is 7.79. The highest BCUT2D eigenvalue weighted by Gasteiger charge is 2.38. The van der Waals surface area contributed by atoms with Crippen molar-refractivity contribution in [2.75, 3.05) is 7.05 Å². The van der Waals surface area contributed by atoms with Crippen LogP contribution in [-0.4, -0.2) is 32.6 Å². The van der Waals surface area contributed by atoms with Crippen LogP contribution in [0.2, 0.25) is 0 Å². The Balaban J connectivity index is 1.67. The van der Waals surface area contributed by atoms with E-state index in [9.17, 15) is 4.79 Å². The Morgan fingerprint density at radius 1 is 1.14 bits per heavy atom. The van der Waals surface area contributed by atoms with Gasteiger partial charge in [-0.3, -0.25) is 9.48 Å². The summed E-state index contributed by atoms with van der Waals surface area (Å²) in [4.78, 5) is 20.2. The van der Waals surface area contributed by atoms with Crippen molar-refractivity contribution < 1.29 is 4.79 Å². The molecule has 0 aliphatic heterocycles. The molecule has 0 N–H and O–H groups in total. The van der Waals surface area contributed by atoms with Crippen molar-refractivity contribution in [2.45, 2.75) is 25.3 Å². The maximum atomic E-state index is 13.7. The third-order valence-corrected chi connectivity index (χ3v) is 6.29. The number of aromatic nitrogens is 3. The predicted octanol–water partition coefficient (Wildman–Crippen LogP) is 4.19. The molecule has 0 bridgehead atoms. The minimum Gasteiger partial charge on any atom is -0.341 e. The van der Waals surface area contributed by atoms with Gasteiger partial charge in [0.2, 0.25) is 5.91 Å². The molecular formula is C23H24N4OS. The molecule has 0 saturated heterocycles. The lowest BCUT2D eigenvalue weighted by molar-refractivity contribution is -0.136. The van der Waals surface area contributed by atoms with Crippen LogP contribution in [0.4, 0.5) is 0 Å². The summed E-state index contributed by atoms with van der Waals surface area (Å²) in [6.07, 6.45) is 4.31. The van der Waals surface area contributed by atoms with Gasteiger partial charge in [-0.25, -0.2) is 4.98 Å². The van der Waals surface area contributed by atoms with Crippen molar-refractivity contribution in [3.8, 4) is 0 Å². The number of amides is 1. The Bertz CT molecular complexity index is 1100. The topological polar surface area (TPSA) is 51.0 Å². The summed E-state index contributed by atoms with van der Waals surface area (Å²) in [5, 5.41) is 5.18. The first-order valence-electron chi connectivity index (χ1n) is 9.59. The molecule has 6 heteroatoms. The molecule has 1 amide bonds. The number of aryl methyl sites for hydroxylation is 1. The number of hydrogen-bond acceptors (Lipinski definition) is 4. The Morgan fingerprint density at radius 3 is 2.55 bits per heavy atom. The normalized spacial score (nSPS) is 13.3. The zero-order chi connectivity index (χ0) is 20.4. The fourth-order valence-corrected chi connectivity index (χ4v) is 4.85. The minimum absolute atomic E-state index is 0.0757. The molecule has 4 aromatic rings. The summed E-state index contributed by atoms with van der Waals surface area (Å²) in [7, 11) is 3.74. The standard InChI is InChI=1S/C23H24N4OS/c1-23(18-9-5-4-6-10-18,13-21-25-19-11-7-8-12-20(19)29-21)22(28)26(2)15-17-14-24-27(3)16-17/h4-12,14,16H,13,15H2,1-3H3. The average Bonchev–Trinajstić information content (AvgIpc) is 3.32. The van der Waals surface area contributed by atoms with E-state index >= 15 is 0 Å². The fraction of sp³-hybridized carbons (Fsp3) is 0.261. The van der Waals surface area contributed by atoms with E-state index < -0.39 is 5.41 Å². The summed E-state index contributed by atoms with van der Waals surface area (Å²) in [5.41, 5.74) is 2.30. The van der Waals surface area contributed by atoms with Crippen LogP contribution in [0.3, 0.4) is 0 Å². The maximum absolute atomic E-state index is 13.7. The largest absolute Gasteiger partial charge is 0.341 e. The average molecular weight is 405 g/mol. The molecule has 2 heterocycles. The number of nitrogens with zero attached hydrogens (tertiary/aromatic N) is 4. The van der Waals surface area contributed by atoms with Crippen molar-refractivity contribution in [1.29, 1.82) is 0 Å². The number of likely N-dealkylation sites (N-methyl/N-ethyl adjacent to an activating group) is 1. The summed E-state index contributed by atoms with van der Waals surface area (Å²) < 4.78 is 2.90. The van der Waals surface area contributed by atoms with Gasteiger partial charge in [-0.05, 0) is 24.6 Å². The zero-order valence-corrected chi connectivity index (χ0v) is 17.7. The van der Waals surface area contributed by atoms with Crippen LogP contribution in [0.5, 0.6) is 0 Å². The van der Waals surface area contributed by atoms with Crippen LogP contribution in [0.1, 0.15) is 23.1 Å². The number of hydrogen-bond donors (Lipinski definition) is 0. The highest BCUT2D eigenvalue weighted by molar-refractivity contribution is 7.18. The summed E-state index contributed by atoms with van der Waals surface area (Å²) >= 11 is 1.66. The number of benzene rings is 2. The predicted molar refractivity (Wildman–Crippen MR) is 117 cm³/mol. The van der Waals surface area contributed by atoms with Crippen molar-refractivity contribution in [3.05, 3.63) is 83.1 Å². The van der Waals surface area contributed by atoms with E-state index in [1.54, 1.807) is 27.1 Å². The molecule has 5 nitrogen and oxygen atoms in total. The van der Waals surface area contributed by atoms with Crippen LogP contribution >= 0.6 is 11.3 Å². The zero-order valence-electron chi connectivity index (χ0n) is 16.9. The van der Waals surface area contributed by atoms with E-state index in [-0.39, 0.29) is 5.91 Å². The van der Waals surface area contributed by atoms with Gasteiger partial charge in [-0.1, -0.05) is 42.5 Å². The lowest BCUT2D eigenvalue weighted by atomic mass is 9.78. The molecule has 1 unspecified atom stereocenters. The Kier molecular flexibility index (Phi) is 5.20. The van der Waals surface area contributed by atoms with E-state index in [0.717, 1.165) is 26.4 Å². The van der Waals surface area contributed by atoms with Gasteiger partial charge in [0.05, 0.1) is 26.8 Å². The minimum atomic E-state index is -0.702. The molecule has 0 spiro atoms. The van der Waals surface area contributed by atoms with Crippen molar-refractivity contribution in [2.24, 2.45) is 7.05 Å². The third-order valence-electron chi connectivity index (χ3n) is 5.25. The summed E-state index contributed by atoms with van der Waals surface area (Å²) in [6, 6.07) is 18.1. The maximum Gasteiger partial charge on any atom is 0.233 e. The molecule has 2 aromatic heterocycles. The van der Waals surface area contributed by atoms with Gasteiger partial charge < -0.3 is 4.90 Å². The van der Waals surface area contributed by atoms with Gasteiger partial charge in [0, 0.05) is 38.8 Å². The molecule has 0 saturated carbocycles. The third kappa shape index (κ3) is 3.93. The van der Waals surface area contributed by atoms with E-state index in [2.05, 4.69) is 11.2 Å². The second-order valence-electron chi connectivity index (χ2n) is 7.63. The van der Waals surface area contributed by atoms with E-state index in [1.807, 2.05) is 75.7 Å². The van der Waals surface area contributed by atoms with Crippen LogP contribution in [0.15, 0.2) is 67.0 Å². The van der Waals surface area contributed by atoms with E-state index in [1.165, 1.54) is 0 Å². The van der Waals surface area contributed by atoms with Crippen molar-refractivity contribution in [1.82, 2.24) is 19.7 Å². The molecule has 0 radical (unpaired) electrons. The van der Waals surface area contributed by atoms with Gasteiger partial charge in [-0.2, -0.15) is 5.10 Å². The molecule has 1 atom stereocenters. The first-order chi connectivity index (χ1) is 14.0. The number of carbonyl (C=O) groups excluding carboxylic acids is 1. The Morgan fingerprint density at radius 2 is 1.86 bits per heavy atom. The smallest absolute Gasteiger partial charge is 0.233 e. The second-order valence-corrected chi connectivity index (χ2v) is 8.75. The highest BCUT2D eigenvalue weighted by Crippen LogP contribution is 2.33. The van der Waals surface area contributed by atoms with Gasteiger partial charge >= 0.3 is 0 Å². The number of fused-ring (bicyclic) bond motifs is 1. The van der Waals surface area contributed by atoms with Gasteiger partial charge in [0.15, 0.2) is 0 Å². The van der Waals surface area contributed by atoms with E-state index in [4.69, 9.17) is 4.98 Å². The van der Waals surface area contributed by atoms with Gasteiger partial charge in [0.25, 0.3) is 0 Å². The number of carbonyl (C=O) groups is 1. The monoisotopic (exact) mass is 404 g/mol. The summed E-state index contributed by atoms with van der Waals surface area (Å²) in [5.74, 6) is 0.0757. The molecule has 29 heavy (non-hydrogen) atoms. The number of thiazole rings is 1. The van der Waals surface area contributed by atoms with E-state index in [0.29, 0.717) is 13.0 Å². The molecule has 0 aliphatic carbocycles. The highest BCUT2D eigenvalue weighted by atomic mass is 32.1. The Hall–Kier alpha value is -2.99. The van der Waals surface area contributed by atoms with Crippen LogP contribution in [-0.2, 0) is 30.2 Å². The quantitative estimate of drug-likeness (QED) is 0.484. The van der Waals surface area contributed by atoms with Gasteiger partial charge in [-0.15, -0.1) is 11.3 Å². The lowest BCUT2D eigenvalue weighted by Crippen LogP contribution is -2.44. The molecule has 0 aliphatic rings. The lowest BCUT2D eigenvalue weighted by Gasteiger charge is -2.32. The molecule has 2 aromatic carbocycles. The van der Waals surface area contributed by atoms with Crippen LogP contribution in [0, 0.1) is 0 Å².